The van der Waals surface area contributed by atoms with Crippen LogP contribution in [0.25, 0.3) is 76.9 Å². The summed E-state index contributed by atoms with van der Waals surface area (Å²) in [6.07, 6.45) is 0.664. The Morgan fingerprint density at radius 3 is 2.06 bits per heavy atom. The van der Waals surface area contributed by atoms with Crippen LogP contribution in [0.5, 0.6) is 5.75 Å². The lowest BCUT2D eigenvalue weighted by molar-refractivity contribution is 0.238. The second kappa shape index (κ2) is 10.7. The number of fused-ring (bicyclic) bond motifs is 6. The van der Waals surface area contributed by atoms with Gasteiger partial charge in [-0.1, -0.05) is 145 Å². The third kappa shape index (κ3) is 4.13. The molecule has 0 spiro atoms. The first-order valence-corrected chi connectivity index (χ1v) is 15.9. The van der Waals surface area contributed by atoms with E-state index in [1.54, 1.807) is 12.1 Å². The average molecular weight is 624 g/mol. The van der Waals surface area contributed by atoms with Crippen LogP contribution in [0, 0.1) is 0 Å². The maximum Gasteiger partial charge on any atom is 0.143 e. The molecule has 0 saturated heterocycles. The van der Waals surface area contributed by atoms with Crippen LogP contribution < -0.4 is 4.74 Å². The maximum absolute atomic E-state index is 9.36. The van der Waals surface area contributed by atoms with Crippen LogP contribution in [0.2, 0.25) is 0 Å². The highest BCUT2D eigenvalue weighted by Gasteiger charge is 2.26. The fraction of sp³-hybridized carbons (Fsp3) is 0.0435. The molecular weight excluding hydrogens is 585 g/mol. The number of ether oxygens (including phenoxy) is 1. The smallest absolute Gasteiger partial charge is 0.143 e. The van der Waals surface area contributed by atoms with Gasteiger partial charge in [0.25, 0.3) is 0 Å². The fourth-order valence-electron chi connectivity index (χ4n) is 7.34. The number of benzene rings is 8. The van der Waals surface area contributed by atoms with Crippen LogP contribution in [-0.2, 0) is 6.42 Å². The molecule has 0 N–H and O–H groups in total. The summed E-state index contributed by atoms with van der Waals surface area (Å²) < 4.78 is 92.3. The van der Waals surface area contributed by atoms with Gasteiger partial charge in [0.2, 0.25) is 0 Å². The molecule has 0 bridgehead atoms. The van der Waals surface area contributed by atoms with E-state index in [4.69, 9.17) is 18.7 Å². The van der Waals surface area contributed by atoms with Crippen molar-refractivity contribution in [2.24, 2.45) is 0 Å². The molecule has 2 heterocycles. The molecule has 1 atom stereocenters. The van der Waals surface area contributed by atoms with Crippen molar-refractivity contribution in [2.75, 3.05) is 0 Å². The van der Waals surface area contributed by atoms with Crippen LogP contribution in [-0.4, -0.2) is 0 Å². The quantitative estimate of drug-likeness (QED) is 0.182. The van der Waals surface area contributed by atoms with Crippen molar-refractivity contribution in [3.05, 3.63) is 175 Å². The fourth-order valence-corrected chi connectivity index (χ4v) is 7.34. The lowest BCUT2D eigenvalue weighted by atomic mass is 9.85. The summed E-state index contributed by atoms with van der Waals surface area (Å²) in [6, 6.07) is 31.0. The molecule has 0 fully saturated rings. The minimum Gasteiger partial charge on any atom is -0.485 e. The van der Waals surface area contributed by atoms with E-state index in [9.17, 15) is 2.74 Å². The minimum absolute atomic E-state index is 0.0629. The highest BCUT2D eigenvalue weighted by Crippen LogP contribution is 2.48. The second-order valence-corrected chi connectivity index (χ2v) is 12.1. The minimum atomic E-state index is -0.552. The van der Waals surface area contributed by atoms with Crippen molar-refractivity contribution in [1.82, 2.24) is 0 Å². The van der Waals surface area contributed by atoms with Gasteiger partial charge < -0.3 is 9.15 Å². The molecular formula is C46H30O2. The van der Waals surface area contributed by atoms with Gasteiger partial charge in [0, 0.05) is 22.8 Å². The lowest BCUT2D eigenvalue weighted by Crippen LogP contribution is -2.02. The van der Waals surface area contributed by atoms with E-state index in [0.717, 1.165) is 45.2 Å². The van der Waals surface area contributed by atoms with Crippen molar-refractivity contribution in [3.8, 4) is 39.1 Å². The Bertz CT molecular complexity index is 3160. The lowest BCUT2D eigenvalue weighted by Gasteiger charge is -2.18. The Labute approximate surface area is 291 Å². The predicted molar refractivity (Wildman–Crippen MR) is 199 cm³/mol. The van der Waals surface area contributed by atoms with Gasteiger partial charge in [-0.25, -0.2) is 0 Å². The first-order valence-electron chi connectivity index (χ1n) is 20.4. The summed E-state index contributed by atoms with van der Waals surface area (Å²) in [5, 5.41) is 2.85. The molecule has 0 amide bonds. The Kier molecular flexibility index (Phi) is 4.36. The molecule has 2 nitrogen and oxygen atoms in total. The molecule has 8 aromatic carbocycles. The van der Waals surface area contributed by atoms with Crippen LogP contribution in [0.1, 0.15) is 29.6 Å². The topological polar surface area (TPSA) is 22.4 Å². The zero-order valence-electron chi connectivity index (χ0n) is 34.5. The summed E-state index contributed by atoms with van der Waals surface area (Å²) in [4.78, 5) is 0. The van der Waals surface area contributed by atoms with Crippen molar-refractivity contribution < 1.29 is 21.5 Å². The molecule has 48 heavy (non-hydrogen) atoms. The first-order chi connectivity index (χ1) is 27.5. The third-order valence-corrected chi connectivity index (χ3v) is 9.41. The van der Waals surface area contributed by atoms with Gasteiger partial charge in [-0.3, -0.25) is 0 Å². The zero-order valence-corrected chi connectivity index (χ0v) is 25.5. The first kappa shape index (κ1) is 19.5. The Balaban J connectivity index is 1.26. The molecule has 1 unspecified atom stereocenters. The molecule has 1 aliphatic heterocycles. The van der Waals surface area contributed by atoms with E-state index in [2.05, 4.69) is 18.2 Å². The molecule has 0 saturated carbocycles. The van der Waals surface area contributed by atoms with Crippen LogP contribution in [0.15, 0.2) is 168 Å². The SMILES string of the molecule is [2H]c1c([2H])c([2H])c(-c2c3ccccc3c(-c3cccc4oc5c(-c6ccc7c(c6)CC(c6ccccc6)O7)cccc5c34)c3c([2H])c([2H])c([2H])c([2H])c23)c([2H])c1[2H]. The van der Waals surface area contributed by atoms with E-state index in [1.165, 1.54) is 0 Å². The number of rotatable bonds is 4. The molecule has 226 valence electrons. The van der Waals surface area contributed by atoms with Crippen molar-refractivity contribution in [1.29, 1.82) is 0 Å². The number of furan rings is 1. The number of hydrogen-bond donors (Lipinski definition) is 0. The molecule has 2 heteroatoms. The normalized spacial score (nSPS) is 16.8. The van der Waals surface area contributed by atoms with Crippen LogP contribution in [0.4, 0.5) is 0 Å². The number of hydrogen-bond acceptors (Lipinski definition) is 2. The van der Waals surface area contributed by atoms with Crippen LogP contribution >= 0.6 is 0 Å². The summed E-state index contributed by atoms with van der Waals surface area (Å²) in [5.74, 6) is 0.849. The summed E-state index contributed by atoms with van der Waals surface area (Å²) in [5.41, 5.74) is 6.49. The van der Waals surface area contributed by atoms with Crippen molar-refractivity contribution >= 4 is 43.5 Å². The Morgan fingerprint density at radius 2 is 1.23 bits per heavy atom. The number of para-hydroxylation sites is 1. The highest BCUT2D eigenvalue weighted by atomic mass is 16.5. The summed E-state index contributed by atoms with van der Waals surface area (Å²) in [7, 11) is 0. The zero-order chi connectivity index (χ0) is 39.4. The largest absolute Gasteiger partial charge is 0.485 e. The molecule has 1 aromatic heterocycles. The van der Waals surface area contributed by atoms with Gasteiger partial charge >= 0.3 is 0 Å². The van der Waals surface area contributed by atoms with Crippen molar-refractivity contribution in [2.45, 2.75) is 12.5 Å². The molecule has 1 aliphatic rings. The van der Waals surface area contributed by atoms with Gasteiger partial charge in [-0.05, 0) is 78.7 Å². The standard InChI is InChI=1S/C46H30O2/c1-3-13-29(14-4-1)42-28-32-27-31(25-26-40(32)47-42)33-21-11-23-39-45-38(22-12-24-41(45)48-46(33)39)44-36-19-9-7-17-34(36)43(30-15-5-2-6-16-30)35-18-8-10-20-37(35)44/h1-27,42H,28H2/i2D,5D,6D,7D,9D,15D,16D,17D,19D. The van der Waals surface area contributed by atoms with E-state index in [-0.39, 0.29) is 40.1 Å². The van der Waals surface area contributed by atoms with Gasteiger partial charge in [0.05, 0.1) is 12.3 Å². The molecule has 9 aromatic rings. The molecule has 0 aliphatic carbocycles. The highest BCUT2D eigenvalue weighted by molar-refractivity contribution is 6.26. The summed E-state index contributed by atoms with van der Waals surface area (Å²) in [6.45, 7) is 0. The third-order valence-electron chi connectivity index (χ3n) is 9.41. The average Bonchev–Trinajstić information content (AvgIpc) is 3.85. The van der Waals surface area contributed by atoms with Gasteiger partial charge in [0.15, 0.2) is 0 Å². The van der Waals surface area contributed by atoms with E-state index in [0.29, 0.717) is 33.1 Å². The second-order valence-electron chi connectivity index (χ2n) is 12.1. The monoisotopic (exact) mass is 623 g/mol. The molecule has 0 radical (unpaired) electrons. The summed E-state index contributed by atoms with van der Waals surface area (Å²) >= 11 is 0. The van der Waals surface area contributed by atoms with Crippen molar-refractivity contribution in [3.63, 3.8) is 0 Å². The van der Waals surface area contributed by atoms with Gasteiger partial charge in [-0.15, -0.1) is 0 Å². The van der Waals surface area contributed by atoms with E-state index < -0.39 is 42.3 Å². The van der Waals surface area contributed by atoms with Crippen LogP contribution in [0.3, 0.4) is 0 Å². The Morgan fingerprint density at radius 1 is 0.542 bits per heavy atom. The van der Waals surface area contributed by atoms with Gasteiger partial charge in [-0.2, -0.15) is 0 Å². The van der Waals surface area contributed by atoms with Gasteiger partial charge in [0.1, 0.15) is 23.0 Å². The Hall–Kier alpha value is -6.12. The van der Waals surface area contributed by atoms with E-state index in [1.807, 2.05) is 78.9 Å². The van der Waals surface area contributed by atoms with E-state index >= 15 is 0 Å². The molecule has 10 rings (SSSR count). The predicted octanol–water partition coefficient (Wildman–Crippen LogP) is 12.6. The maximum atomic E-state index is 9.36.